The molecule has 2 heterocycles. The molecule has 2 rings (SSSR count). The molecule has 0 aliphatic carbocycles. The van der Waals surface area contributed by atoms with Gasteiger partial charge in [0.05, 0.1) is 12.8 Å². The summed E-state index contributed by atoms with van der Waals surface area (Å²) in [5.41, 5.74) is 0.897. The van der Waals surface area contributed by atoms with E-state index in [4.69, 9.17) is 0 Å². The first-order valence-corrected chi connectivity index (χ1v) is 7.91. The zero-order valence-electron chi connectivity index (χ0n) is 10.8. The molecule has 6 nitrogen and oxygen atoms in total. The van der Waals surface area contributed by atoms with Gasteiger partial charge in [0, 0.05) is 12.4 Å². The summed E-state index contributed by atoms with van der Waals surface area (Å²) < 4.78 is 31.5. The highest BCUT2D eigenvalue weighted by Crippen LogP contribution is 2.30. The van der Waals surface area contributed by atoms with E-state index in [1.807, 2.05) is 0 Å². The summed E-state index contributed by atoms with van der Waals surface area (Å²) in [7, 11) is -2.54. The molecule has 0 unspecified atom stereocenters. The number of nitrogens with one attached hydrogen (secondary N) is 1. The fourth-order valence-electron chi connectivity index (χ4n) is 1.51. The minimum absolute atomic E-state index is 0.0291. The molecule has 2 aromatic rings. The Morgan fingerprint density at radius 2 is 2.20 bits per heavy atom. The molecule has 0 aliphatic heterocycles. The van der Waals surface area contributed by atoms with Crippen molar-refractivity contribution >= 4 is 33.0 Å². The van der Waals surface area contributed by atoms with Crippen LogP contribution in [0.2, 0.25) is 0 Å². The van der Waals surface area contributed by atoms with Crippen molar-refractivity contribution in [3.63, 3.8) is 0 Å². The summed E-state index contributed by atoms with van der Waals surface area (Å²) >= 11 is 1.13. The van der Waals surface area contributed by atoms with E-state index in [9.17, 15) is 13.2 Å². The molecule has 0 amide bonds. The Kier molecular flexibility index (Phi) is 4.05. The maximum absolute atomic E-state index is 12.2. The van der Waals surface area contributed by atoms with E-state index in [2.05, 4.69) is 14.4 Å². The smallest absolute Gasteiger partial charge is 0.350 e. The Bertz CT molecular complexity index is 723. The molecular formula is C12H12N2O4S2. The lowest BCUT2D eigenvalue weighted by molar-refractivity contribution is 0.0607. The summed E-state index contributed by atoms with van der Waals surface area (Å²) in [6, 6.07) is 2.95. The molecule has 0 saturated heterocycles. The number of aryl methyl sites for hydroxylation is 1. The van der Waals surface area contributed by atoms with Gasteiger partial charge in [-0.1, -0.05) is 0 Å². The first-order chi connectivity index (χ1) is 9.45. The summed E-state index contributed by atoms with van der Waals surface area (Å²) in [5, 5.41) is 1.69. The highest BCUT2D eigenvalue weighted by Gasteiger charge is 2.22. The highest BCUT2D eigenvalue weighted by molar-refractivity contribution is 7.92. The number of sulfonamides is 1. The zero-order chi connectivity index (χ0) is 14.8. The molecule has 0 atom stereocenters. The van der Waals surface area contributed by atoms with Gasteiger partial charge in [-0.05, 0) is 30.0 Å². The molecule has 106 valence electrons. The second-order valence-electron chi connectivity index (χ2n) is 3.91. The van der Waals surface area contributed by atoms with Gasteiger partial charge in [0.2, 0.25) is 0 Å². The number of anilines is 1. The van der Waals surface area contributed by atoms with E-state index in [-0.39, 0.29) is 15.5 Å². The Morgan fingerprint density at radius 3 is 2.80 bits per heavy atom. The Morgan fingerprint density at radius 1 is 1.45 bits per heavy atom. The number of aromatic nitrogens is 1. The van der Waals surface area contributed by atoms with Crippen molar-refractivity contribution in [3.8, 4) is 0 Å². The number of hydrogen-bond acceptors (Lipinski definition) is 6. The van der Waals surface area contributed by atoms with Crippen molar-refractivity contribution in [1.82, 2.24) is 4.98 Å². The number of carbonyl (C=O) groups excluding carboxylic acids is 1. The van der Waals surface area contributed by atoms with E-state index < -0.39 is 16.0 Å². The Balaban J connectivity index is 2.40. The molecule has 8 heteroatoms. The van der Waals surface area contributed by atoms with Crippen molar-refractivity contribution in [2.24, 2.45) is 0 Å². The number of esters is 1. The average Bonchev–Trinajstić information content (AvgIpc) is 2.80. The summed E-state index contributed by atoms with van der Waals surface area (Å²) in [4.78, 5) is 15.6. The van der Waals surface area contributed by atoms with Gasteiger partial charge in [-0.15, -0.1) is 11.3 Å². The molecule has 0 aliphatic rings. The standard InChI is InChI=1S/C12H12N2O4S2/c1-8-7-19-11(12(15)18-2)10(8)14-20(16,17)9-4-3-5-13-6-9/h3-7,14H,1-2H3. The van der Waals surface area contributed by atoms with Crippen LogP contribution < -0.4 is 4.72 Å². The number of ether oxygens (including phenoxy) is 1. The van der Waals surface area contributed by atoms with Crippen LogP contribution in [-0.4, -0.2) is 26.5 Å². The predicted molar refractivity (Wildman–Crippen MR) is 75.4 cm³/mol. The van der Waals surface area contributed by atoms with Gasteiger partial charge in [0.15, 0.2) is 0 Å². The van der Waals surface area contributed by atoms with E-state index in [1.54, 1.807) is 12.3 Å². The van der Waals surface area contributed by atoms with Gasteiger partial charge in [0.25, 0.3) is 10.0 Å². The topological polar surface area (TPSA) is 85.4 Å². The molecule has 20 heavy (non-hydrogen) atoms. The maximum atomic E-state index is 12.2. The Hall–Kier alpha value is -1.93. The molecule has 0 saturated carbocycles. The van der Waals surface area contributed by atoms with E-state index in [0.29, 0.717) is 5.56 Å². The van der Waals surface area contributed by atoms with Crippen LogP contribution >= 0.6 is 11.3 Å². The summed E-state index contributed by atoms with van der Waals surface area (Å²) in [6.07, 6.45) is 2.72. The lowest BCUT2D eigenvalue weighted by atomic mass is 10.3. The second kappa shape index (κ2) is 5.59. The molecule has 0 bridgehead atoms. The molecule has 0 radical (unpaired) electrons. The number of rotatable bonds is 4. The van der Waals surface area contributed by atoms with Gasteiger partial charge >= 0.3 is 5.97 Å². The zero-order valence-corrected chi connectivity index (χ0v) is 12.4. The van der Waals surface area contributed by atoms with Crippen molar-refractivity contribution in [3.05, 3.63) is 40.3 Å². The number of thiophene rings is 1. The molecular weight excluding hydrogens is 300 g/mol. The molecule has 1 N–H and O–H groups in total. The van der Waals surface area contributed by atoms with Gasteiger partial charge in [-0.3, -0.25) is 9.71 Å². The third kappa shape index (κ3) is 2.81. The largest absolute Gasteiger partial charge is 0.465 e. The minimum atomic E-state index is -3.78. The summed E-state index contributed by atoms with van der Waals surface area (Å²) in [6.45, 7) is 1.71. The van der Waals surface area contributed by atoms with Crippen LogP contribution in [0.4, 0.5) is 5.69 Å². The van der Waals surface area contributed by atoms with Crippen molar-refractivity contribution in [2.45, 2.75) is 11.8 Å². The molecule has 0 aromatic carbocycles. The number of pyridine rings is 1. The number of nitrogens with zero attached hydrogens (tertiary/aromatic N) is 1. The average molecular weight is 312 g/mol. The van der Waals surface area contributed by atoms with Crippen molar-refractivity contribution in [1.29, 1.82) is 0 Å². The van der Waals surface area contributed by atoms with Gasteiger partial charge in [-0.2, -0.15) is 0 Å². The lowest BCUT2D eigenvalue weighted by Crippen LogP contribution is -2.15. The maximum Gasteiger partial charge on any atom is 0.350 e. The predicted octanol–water partition coefficient (Wildman–Crippen LogP) is 2.04. The van der Waals surface area contributed by atoms with Gasteiger partial charge < -0.3 is 4.74 Å². The summed E-state index contributed by atoms with van der Waals surface area (Å²) in [5.74, 6) is -0.577. The van der Waals surface area contributed by atoms with Crippen LogP contribution in [0.3, 0.4) is 0 Å². The fourth-order valence-corrected chi connectivity index (χ4v) is 3.61. The molecule has 2 aromatic heterocycles. The Labute approximate surface area is 120 Å². The third-order valence-electron chi connectivity index (χ3n) is 2.53. The van der Waals surface area contributed by atoms with Crippen LogP contribution in [0.5, 0.6) is 0 Å². The minimum Gasteiger partial charge on any atom is -0.465 e. The fraction of sp³-hybridized carbons (Fsp3) is 0.167. The second-order valence-corrected chi connectivity index (χ2v) is 6.47. The van der Waals surface area contributed by atoms with E-state index in [0.717, 1.165) is 11.3 Å². The SMILES string of the molecule is COC(=O)c1scc(C)c1NS(=O)(=O)c1cccnc1. The van der Waals surface area contributed by atoms with Crippen molar-refractivity contribution < 1.29 is 17.9 Å². The van der Waals surface area contributed by atoms with Gasteiger partial charge in [-0.25, -0.2) is 13.2 Å². The number of hydrogen-bond donors (Lipinski definition) is 1. The van der Waals surface area contributed by atoms with E-state index in [1.165, 1.54) is 31.6 Å². The molecule has 0 spiro atoms. The first-order valence-electron chi connectivity index (χ1n) is 5.55. The van der Waals surface area contributed by atoms with Crippen LogP contribution in [0.25, 0.3) is 0 Å². The van der Waals surface area contributed by atoms with Crippen LogP contribution in [-0.2, 0) is 14.8 Å². The third-order valence-corrected chi connectivity index (χ3v) is 4.94. The molecule has 0 fully saturated rings. The van der Waals surface area contributed by atoms with Crippen molar-refractivity contribution in [2.75, 3.05) is 11.8 Å². The lowest BCUT2D eigenvalue weighted by Gasteiger charge is -2.09. The van der Waals surface area contributed by atoms with Gasteiger partial charge in [0.1, 0.15) is 9.77 Å². The quantitative estimate of drug-likeness (QED) is 0.873. The normalized spacial score (nSPS) is 11.1. The first kappa shape index (κ1) is 14.5. The monoisotopic (exact) mass is 312 g/mol. The van der Waals surface area contributed by atoms with Crippen LogP contribution in [0, 0.1) is 6.92 Å². The van der Waals surface area contributed by atoms with Crippen LogP contribution in [0.1, 0.15) is 15.2 Å². The van der Waals surface area contributed by atoms with E-state index >= 15 is 0 Å². The number of methoxy groups -OCH3 is 1. The highest BCUT2D eigenvalue weighted by atomic mass is 32.2. The van der Waals surface area contributed by atoms with Crippen LogP contribution in [0.15, 0.2) is 34.8 Å². The number of carbonyl (C=O) groups is 1.